The highest BCUT2D eigenvalue weighted by Crippen LogP contribution is 2.62. The number of rotatable bonds is 7. The number of fused-ring (bicyclic) bond motifs is 2. The van der Waals surface area contributed by atoms with E-state index in [2.05, 4.69) is 41.3 Å². The molecule has 6 rings (SSSR count). The van der Waals surface area contributed by atoms with Gasteiger partial charge in [0.25, 0.3) is 5.91 Å². The molecular formula is C29H28BrN7O5. The van der Waals surface area contributed by atoms with Gasteiger partial charge < -0.3 is 20.4 Å². The number of aliphatic hydroxyl groups is 2. The number of benzene rings is 1. The molecule has 1 aliphatic carbocycles. The quantitative estimate of drug-likeness (QED) is 0.205. The van der Waals surface area contributed by atoms with Crippen LogP contribution in [-0.2, 0) is 22.7 Å². The maximum atomic E-state index is 13.8. The third kappa shape index (κ3) is 4.67. The predicted octanol–water partition coefficient (Wildman–Crippen LogP) is 2.99. The number of nitrogens with one attached hydrogen (secondary N) is 1. The zero-order chi connectivity index (χ0) is 30.0. The number of aryl methyl sites for hydroxylation is 1. The summed E-state index contributed by atoms with van der Waals surface area (Å²) in [5.41, 5.74) is 0.117. The topological polar surface area (TPSA) is 163 Å². The molecule has 1 aromatic carbocycles. The molecule has 13 heteroatoms. The molecule has 42 heavy (non-hydrogen) atoms. The second-order valence-corrected chi connectivity index (χ2v) is 12.0. The van der Waals surface area contributed by atoms with E-state index < -0.39 is 23.0 Å². The number of aromatic nitrogens is 5. The fourth-order valence-corrected chi connectivity index (χ4v) is 6.15. The number of carbonyl (C=O) groups is 3. The third-order valence-corrected chi connectivity index (χ3v) is 8.57. The fourth-order valence-electron chi connectivity index (χ4n) is 5.84. The van der Waals surface area contributed by atoms with E-state index in [-0.39, 0.29) is 42.9 Å². The van der Waals surface area contributed by atoms with E-state index in [0.29, 0.717) is 33.3 Å². The van der Waals surface area contributed by atoms with Crippen LogP contribution in [0.25, 0.3) is 22.0 Å². The van der Waals surface area contributed by atoms with Crippen molar-refractivity contribution in [1.29, 1.82) is 0 Å². The average Bonchev–Trinajstić information content (AvgIpc) is 3.33. The van der Waals surface area contributed by atoms with Crippen molar-refractivity contribution in [1.82, 2.24) is 29.6 Å². The summed E-state index contributed by atoms with van der Waals surface area (Å²) in [5.74, 6) is -0.873. The third-order valence-electron chi connectivity index (χ3n) is 8.13. The Morgan fingerprint density at radius 3 is 2.57 bits per heavy atom. The summed E-state index contributed by atoms with van der Waals surface area (Å²) in [6.45, 7) is 4.45. The van der Waals surface area contributed by atoms with Gasteiger partial charge in [-0.15, -0.1) is 0 Å². The van der Waals surface area contributed by atoms with Crippen molar-refractivity contribution in [2.24, 2.45) is 5.41 Å². The Balaban J connectivity index is 1.32. The summed E-state index contributed by atoms with van der Waals surface area (Å²) in [7, 11) is 0. The van der Waals surface area contributed by atoms with Crippen LogP contribution in [0.2, 0.25) is 0 Å². The number of Topliss-reactive ketones (excluding diaryl/α,β-unsaturated/α-hetero) is 1. The molecule has 2 aliphatic rings. The van der Waals surface area contributed by atoms with E-state index in [1.807, 2.05) is 19.1 Å². The van der Waals surface area contributed by atoms with Crippen molar-refractivity contribution in [3.8, 4) is 11.1 Å². The van der Waals surface area contributed by atoms with Gasteiger partial charge in [0.05, 0.1) is 12.1 Å². The summed E-state index contributed by atoms with van der Waals surface area (Å²) in [5, 5.41) is 29.0. The summed E-state index contributed by atoms with van der Waals surface area (Å²) in [6.07, 6.45) is 4.09. The molecule has 12 nitrogen and oxygen atoms in total. The number of likely N-dealkylation sites (tertiary alicyclic amines) is 1. The Kier molecular flexibility index (Phi) is 6.71. The molecule has 3 atom stereocenters. The molecule has 216 valence electrons. The van der Waals surface area contributed by atoms with E-state index >= 15 is 0 Å². The molecule has 4 aromatic rings. The van der Waals surface area contributed by atoms with Gasteiger partial charge in [0, 0.05) is 48.3 Å². The van der Waals surface area contributed by atoms with Crippen LogP contribution in [0.4, 0.5) is 5.82 Å². The molecule has 3 N–H and O–H groups in total. The number of pyridine rings is 1. The SMILES string of the molecule is CC(=O)c1nn(CC(=O)N2[C@@H]3C[C@]3(C)C[C@@]2(O)C(=O)Nc2nc(Br)ccc2CO)c2ccc(-c3cnc(C)nc3)cc12. The number of anilines is 1. The zero-order valence-corrected chi connectivity index (χ0v) is 24.7. The summed E-state index contributed by atoms with van der Waals surface area (Å²) >= 11 is 3.25. The maximum Gasteiger partial charge on any atom is 0.278 e. The van der Waals surface area contributed by atoms with Gasteiger partial charge in [-0.3, -0.25) is 19.1 Å². The Morgan fingerprint density at radius 1 is 1.14 bits per heavy atom. The van der Waals surface area contributed by atoms with Crippen LogP contribution < -0.4 is 5.32 Å². The van der Waals surface area contributed by atoms with E-state index in [0.717, 1.165) is 11.1 Å². The summed E-state index contributed by atoms with van der Waals surface area (Å²) < 4.78 is 1.86. The minimum atomic E-state index is -2.14. The molecule has 0 spiro atoms. The zero-order valence-electron chi connectivity index (χ0n) is 23.1. The number of nitrogens with zero attached hydrogens (tertiary/aromatic N) is 6. The fraction of sp³-hybridized carbons (Fsp3) is 0.345. The van der Waals surface area contributed by atoms with Crippen molar-refractivity contribution in [3.63, 3.8) is 0 Å². The predicted molar refractivity (Wildman–Crippen MR) is 155 cm³/mol. The number of hydrogen-bond acceptors (Lipinski definition) is 9. The maximum absolute atomic E-state index is 13.8. The molecule has 2 fully saturated rings. The lowest BCUT2D eigenvalue weighted by Crippen LogP contribution is -2.58. The van der Waals surface area contributed by atoms with Crippen LogP contribution in [0.3, 0.4) is 0 Å². The normalized spacial score (nSPS) is 22.7. The number of hydrogen-bond donors (Lipinski definition) is 3. The lowest BCUT2D eigenvalue weighted by molar-refractivity contribution is -0.168. The second-order valence-electron chi connectivity index (χ2n) is 11.2. The number of aliphatic hydroxyl groups excluding tert-OH is 1. The molecule has 2 amide bonds. The summed E-state index contributed by atoms with van der Waals surface area (Å²) in [4.78, 5) is 53.8. The first kappa shape index (κ1) is 28.1. The van der Waals surface area contributed by atoms with Crippen molar-refractivity contribution in [2.45, 2.75) is 58.5 Å². The number of ketones is 1. The molecular weight excluding hydrogens is 606 g/mol. The van der Waals surface area contributed by atoms with Gasteiger partial charge in [0.2, 0.25) is 11.6 Å². The van der Waals surface area contributed by atoms with Gasteiger partial charge in [-0.1, -0.05) is 19.1 Å². The van der Waals surface area contributed by atoms with Crippen LogP contribution >= 0.6 is 15.9 Å². The number of carbonyl (C=O) groups excluding carboxylic acids is 3. The first-order chi connectivity index (χ1) is 19.9. The van der Waals surface area contributed by atoms with Crippen LogP contribution in [0.15, 0.2) is 47.3 Å². The van der Waals surface area contributed by atoms with Crippen LogP contribution in [-0.4, -0.2) is 69.2 Å². The van der Waals surface area contributed by atoms with Crippen molar-refractivity contribution in [3.05, 3.63) is 64.4 Å². The number of halogens is 1. The van der Waals surface area contributed by atoms with Crippen molar-refractivity contribution < 1.29 is 24.6 Å². The first-order valence-corrected chi connectivity index (χ1v) is 14.2. The first-order valence-electron chi connectivity index (χ1n) is 13.4. The standard InChI is InChI=1S/C29H28BrN7O5/c1-15(39)25-20-8-17(19-10-31-16(2)32-11-19)4-6-21(20)36(35-25)12-24(40)37-22-9-28(22,3)14-29(37,42)27(41)34-26-18(13-38)5-7-23(30)33-26/h4-8,10-11,22,38,42H,9,12-14H2,1-3H3,(H,33,34,41)/t22-,28-,29-/m1/s1. The van der Waals surface area contributed by atoms with E-state index in [1.54, 1.807) is 37.5 Å². The lowest BCUT2D eigenvalue weighted by atomic mass is 9.98. The minimum Gasteiger partial charge on any atom is -0.392 e. The van der Waals surface area contributed by atoms with Gasteiger partial charge in [0.1, 0.15) is 28.5 Å². The minimum absolute atomic E-state index is 0.0469. The molecule has 1 saturated carbocycles. The van der Waals surface area contributed by atoms with Gasteiger partial charge >= 0.3 is 0 Å². The molecule has 0 bridgehead atoms. The van der Waals surface area contributed by atoms with Crippen LogP contribution in [0, 0.1) is 12.3 Å². The highest BCUT2D eigenvalue weighted by molar-refractivity contribution is 9.10. The Labute approximate surface area is 248 Å². The molecule has 1 aliphatic heterocycles. The van der Waals surface area contributed by atoms with Crippen LogP contribution in [0.5, 0.6) is 0 Å². The van der Waals surface area contributed by atoms with E-state index in [1.165, 1.54) is 16.5 Å². The van der Waals surface area contributed by atoms with E-state index in [9.17, 15) is 24.6 Å². The number of amides is 2. The molecule has 4 heterocycles. The Hall–Kier alpha value is -4.07. The highest BCUT2D eigenvalue weighted by atomic mass is 79.9. The molecule has 1 saturated heterocycles. The Morgan fingerprint density at radius 2 is 1.88 bits per heavy atom. The molecule has 0 radical (unpaired) electrons. The smallest absolute Gasteiger partial charge is 0.278 e. The van der Waals surface area contributed by atoms with Gasteiger partial charge in [-0.05, 0) is 58.5 Å². The monoisotopic (exact) mass is 633 g/mol. The van der Waals surface area contributed by atoms with Gasteiger partial charge in [0.15, 0.2) is 5.78 Å². The van der Waals surface area contributed by atoms with Gasteiger partial charge in [-0.25, -0.2) is 15.0 Å². The van der Waals surface area contributed by atoms with Crippen LogP contribution in [0.1, 0.15) is 48.6 Å². The molecule has 3 aromatic heterocycles. The Bertz CT molecular complexity index is 1770. The largest absolute Gasteiger partial charge is 0.392 e. The highest BCUT2D eigenvalue weighted by Gasteiger charge is 2.71. The molecule has 0 unspecified atom stereocenters. The van der Waals surface area contributed by atoms with Gasteiger partial charge in [-0.2, -0.15) is 5.10 Å². The lowest BCUT2D eigenvalue weighted by Gasteiger charge is -2.35. The van der Waals surface area contributed by atoms with E-state index in [4.69, 9.17) is 0 Å². The average molecular weight is 634 g/mol. The van der Waals surface area contributed by atoms with Crippen molar-refractivity contribution >= 4 is 50.2 Å². The van der Waals surface area contributed by atoms with Crippen molar-refractivity contribution in [2.75, 3.05) is 5.32 Å². The second kappa shape index (κ2) is 10.0. The number of piperidine rings is 1. The summed E-state index contributed by atoms with van der Waals surface area (Å²) in [6, 6.07) is 8.31.